The lowest BCUT2D eigenvalue weighted by atomic mass is 10.2. The molecule has 2 aromatic carbocycles. The third kappa shape index (κ3) is 3.74. The van der Waals surface area contributed by atoms with Gasteiger partial charge in [-0.25, -0.2) is 4.79 Å². The van der Waals surface area contributed by atoms with E-state index in [0.29, 0.717) is 32.9 Å². The lowest BCUT2D eigenvalue weighted by Gasteiger charge is -2.12. The molecule has 0 saturated carbocycles. The molecule has 0 aliphatic heterocycles. The van der Waals surface area contributed by atoms with Crippen LogP contribution in [0.2, 0.25) is 20.1 Å². The van der Waals surface area contributed by atoms with Crippen LogP contribution in [0.1, 0.15) is 15.9 Å². The van der Waals surface area contributed by atoms with Gasteiger partial charge in [-0.2, -0.15) is 0 Å². The first-order valence-electron chi connectivity index (χ1n) is 5.79. The van der Waals surface area contributed by atoms with E-state index in [1.54, 1.807) is 18.2 Å². The van der Waals surface area contributed by atoms with Crippen molar-refractivity contribution in [1.29, 1.82) is 0 Å². The highest BCUT2D eigenvalue weighted by Gasteiger charge is 2.12. The molecular weight excluding hydrogens is 356 g/mol. The van der Waals surface area contributed by atoms with E-state index in [9.17, 15) is 4.79 Å². The number of benzene rings is 2. The Bertz CT molecular complexity index is 704. The van der Waals surface area contributed by atoms with Crippen LogP contribution in [-0.4, -0.2) is 11.1 Å². The van der Waals surface area contributed by atoms with Gasteiger partial charge in [0, 0.05) is 22.8 Å². The number of aromatic carboxylic acids is 1. The number of hydrogen-bond donors (Lipinski definition) is 2. The van der Waals surface area contributed by atoms with E-state index in [-0.39, 0.29) is 10.6 Å². The number of hydrogen-bond acceptors (Lipinski definition) is 2. The number of halogens is 4. The molecule has 2 aromatic rings. The first-order valence-corrected chi connectivity index (χ1v) is 7.30. The van der Waals surface area contributed by atoms with E-state index in [2.05, 4.69) is 5.32 Å². The number of carboxylic acids is 1. The molecule has 0 heterocycles. The van der Waals surface area contributed by atoms with Gasteiger partial charge in [0.15, 0.2) is 0 Å². The van der Waals surface area contributed by atoms with Crippen LogP contribution < -0.4 is 5.32 Å². The summed E-state index contributed by atoms with van der Waals surface area (Å²) in [6.45, 7) is 0.304. The molecule has 3 nitrogen and oxygen atoms in total. The minimum Gasteiger partial charge on any atom is -0.478 e. The van der Waals surface area contributed by atoms with Crippen molar-refractivity contribution in [3.63, 3.8) is 0 Å². The van der Waals surface area contributed by atoms with Crippen LogP contribution in [-0.2, 0) is 6.54 Å². The zero-order valence-corrected chi connectivity index (χ0v) is 13.5. The van der Waals surface area contributed by atoms with Gasteiger partial charge >= 0.3 is 5.97 Å². The van der Waals surface area contributed by atoms with Crippen molar-refractivity contribution in [3.05, 3.63) is 61.5 Å². The first-order chi connectivity index (χ1) is 9.90. The number of rotatable bonds is 4. The molecule has 0 aromatic heterocycles. The van der Waals surface area contributed by atoms with E-state index in [4.69, 9.17) is 51.5 Å². The Morgan fingerprint density at radius 3 is 2.29 bits per heavy atom. The summed E-state index contributed by atoms with van der Waals surface area (Å²) in [4.78, 5) is 11.0. The van der Waals surface area contributed by atoms with Gasteiger partial charge in [-0.1, -0.05) is 46.4 Å². The van der Waals surface area contributed by atoms with Crippen molar-refractivity contribution in [2.24, 2.45) is 0 Å². The van der Waals surface area contributed by atoms with Gasteiger partial charge in [0.05, 0.1) is 20.6 Å². The van der Waals surface area contributed by atoms with Crippen LogP contribution in [0.3, 0.4) is 0 Å². The molecule has 0 saturated heterocycles. The minimum absolute atomic E-state index is 0.0185. The summed E-state index contributed by atoms with van der Waals surface area (Å²) in [6, 6.07) is 7.88. The minimum atomic E-state index is -1.09. The fraction of sp³-hybridized carbons (Fsp3) is 0.0714. The lowest BCUT2D eigenvalue weighted by Crippen LogP contribution is -2.04. The molecule has 2 rings (SSSR count). The summed E-state index contributed by atoms with van der Waals surface area (Å²) >= 11 is 23.9. The Morgan fingerprint density at radius 2 is 1.62 bits per heavy atom. The highest BCUT2D eigenvalue weighted by atomic mass is 35.5. The topological polar surface area (TPSA) is 49.3 Å². The largest absolute Gasteiger partial charge is 0.478 e. The van der Waals surface area contributed by atoms with Gasteiger partial charge < -0.3 is 10.4 Å². The third-order valence-corrected chi connectivity index (χ3v) is 4.33. The molecule has 0 bridgehead atoms. The van der Waals surface area contributed by atoms with Crippen LogP contribution in [0.25, 0.3) is 0 Å². The van der Waals surface area contributed by atoms with Crippen molar-refractivity contribution >= 4 is 58.1 Å². The van der Waals surface area contributed by atoms with Crippen molar-refractivity contribution in [1.82, 2.24) is 0 Å². The van der Waals surface area contributed by atoms with Crippen molar-refractivity contribution in [3.8, 4) is 0 Å². The Balaban J connectivity index is 2.23. The zero-order chi connectivity index (χ0) is 15.6. The molecule has 0 aliphatic carbocycles. The normalized spacial score (nSPS) is 10.5. The van der Waals surface area contributed by atoms with Crippen molar-refractivity contribution in [2.45, 2.75) is 6.54 Å². The van der Waals surface area contributed by atoms with Crippen LogP contribution in [0.15, 0.2) is 30.3 Å². The fourth-order valence-electron chi connectivity index (χ4n) is 1.72. The van der Waals surface area contributed by atoms with Gasteiger partial charge in [-0.3, -0.25) is 0 Å². The second kappa shape index (κ2) is 6.75. The molecule has 0 unspecified atom stereocenters. The summed E-state index contributed by atoms with van der Waals surface area (Å²) in [5, 5.41) is 13.5. The highest BCUT2D eigenvalue weighted by molar-refractivity contribution is 6.44. The molecular formula is C14H9Cl4NO2. The SMILES string of the molecule is O=C(O)c1cc(NCc2c(Cl)ccc(Cl)c2Cl)ccc1Cl. The van der Waals surface area contributed by atoms with Gasteiger partial charge in [0.1, 0.15) is 0 Å². The predicted molar refractivity (Wildman–Crippen MR) is 87.2 cm³/mol. The molecule has 2 N–H and O–H groups in total. The van der Waals surface area contributed by atoms with Crippen LogP contribution in [0.4, 0.5) is 5.69 Å². The molecule has 0 radical (unpaired) electrons. The van der Waals surface area contributed by atoms with Crippen LogP contribution >= 0.6 is 46.4 Å². The molecule has 21 heavy (non-hydrogen) atoms. The van der Waals surface area contributed by atoms with Crippen molar-refractivity contribution < 1.29 is 9.90 Å². The second-order valence-electron chi connectivity index (χ2n) is 4.18. The van der Waals surface area contributed by atoms with Gasteiger partial charge in [0.2, 0.25) is 0 Å². The second-order valence-corrected chi connectivity index (χ2v) is 5.77. The predicted octanol–water partition coefficient (Wildman–Crippen LogP) is 5.61. The molecule has 0 spiro atoms. The van der Waals surface area contributed by atoms with Gasteiger partial charge in [-0.05, 0) is 30.3 Å². The molecule has 0 atom stereocenters. The maximum absolute atomic E-state index is 11.0. The Hall–Kier alpha value is -1.13. The summed E-state index contributed by atoms with van der Waals surface area (Å²) in [6.07, 6.45) is 0. The Morgan fingerprint density at radius 1 is 1.00 bits per heavy atom. The highest BCUT2D eigenvalue weighted by Crippen LogP contribution is 2.32. The number of carbonyl (C=O) groups is 1. The standard InChI is InChI=1S/C14H9Cl4NO2/c15-10-2-1-7(5-8(10)14(20)21)19-6-9-11(16)3-4-12(17)13(9)18/h1-5,19H,6H2,(H,20,21). The first kappa shape index (κ1) is 16.2. The smallest absolute Gasteiger partial charge is 0.337 e. The average Bonchev–Trinajstić information content (AvgIpc) is 2.44. The molecule has 0 fully saturated rings. The van der Waals surface area contributed by atoms with Gasteiger partial charge in [0.25, 0.3) is 0 Å². The van der Waals surface area contributed by atoms with E-state index >= 15 is 0 Å². The Labute approximate surface area is 141 Å². The maximum Gasteiger partial charge on any atom is 0.337 e. The molecule has 0 amide bonds. The number of nitrogens with one attached hydrogen (secondary N) is 1. The average molecular weight is 365 g/mol. The lowest BCUT2D eigenvalue weighted by molar-refractivity contribution is 0.0697. The van der Waals surface area contributed by atoms with Gasteiger partial charge in [-0.15, -0.1) is 0 Å². The van der Waals surface area contributed by atoms with Crippen molar-refractivity contribution in [2.75, 3.05) is 5.32 Å². The number of carboxylic acid groups (broad SMARTS) is 1. The maximum atomic E-state index is 11.0. The Kier molecular flexibility index (Phi) is 5.22. The molecule has 0 aliphatic rings. The van der Waals surface area contributed by atoms with E-state index in [1.807, 2.05) is 0 Å². The van der Waals surface area contributed by atoms with E-state index in [0.717, 1.165) is 0 Å². The van der Waals surface area contributed by atoms with Crippen LogP contribution in [0.5, 0.6) is 0 Å². The third-order valence-electron chi connectivity index (χ3n) is 2.80. The summed E-state index contributed by atoms with van der Waals surface area (Å²) < 4.78 is 0. The van der Waals surface area contributed by atoms with E-state index < -0.39 is 5.97 Å². The summed E-state index contributed by atoms with van der Waals surface area (Å²) in [5.74, 6) is -1.09. The quantitative estimate of drug-likeness (QED) is 0.693. The fourth-order valence-corrected chi connectivity index (χ4v) is 2.60. The molecule has 110 valence electrons. The summed E-state index contributed by atoms with van der Waals surface area (Å²) in [7, 11) is 0. The monoisotopic (exact) mass is 363 g/mol. The molecule has 7 heteroatoms. The summed E-state index contributed by atoms with van der Waals surface area (Å²) in [5.41, 5.74) is 1.24. The zero-order valence-electron chi connectivity index (χ0n) is 10.5. The van der Waals surface area contributed by atoms with E-state index in [1.165, 1.54) is 12.1 Å². The number of anilines is 1. The van der Waals surface area contributed by atoms with Crippen LogP contribution in [0, 0.1) is 0 Å².